The molecule has 0 aliphatic heterocycles. The summed E-state index contributed by atoms with van der Waals surface area (Å²) in [5.74, 6) is -0.511. The summed E-state index contributed by atoms with van der Waals surface area (Å²) in [5, 5.41) is 11.4. The molecule has 6 nitrogen and oxygen atoms in total. The van der Waals surface area contributed by atoms with Gasteiger partial charge in [-0.25, -0.2) is 4.98 Å². The van der Waals surface area contributed by atoms with Crippen molar-refractivity contribution in [2.75, 3.05) is 5.32 Å². The molecule has 0 fully saturated rings. The Kier molecular flexibility index (Phi) is 4.17. The van der Waals surface area contributed by atoms with Crippen LogP contribution in [-0.4, -0.2) is 26.3 Å². The second-order valence-corrected chi connectivity index (χ2v) is 3.69. The van der Waals surface area contributed by atoms with Crippen molar-refractivity contribution in [1.29, 1.82) is 0 Å². The number of carbonyl (C=O) groups excluding carboxylic acids is 1. The molecule has 1 amide bonds. The average molecular weight is 229 g/mol. The Labute approximate surface area is 90.5 Å². The molecule has 2 N–H and O–H groups in total. The third-order valence-corrected chi connectivity index (χ3v) is 2.29. The van der Waals surface area contributed by atoms with Crippen LogP contribution in [0, 0.1) is 6.92 Å². The largest absolute Gasteiger partial charge is 0.481 e. The summed E-state index contributed by atoms with van der Waals surface area (Å²) >= 11 is 1.11. The molecule has 0 bridgehead atoms. The van der Waals surface area contributed by atoms with Crippen molar-refractivity contribution in [3.8, 4) is 0 Å². The molecule has 82 valence electrons. The first-order chi connectivity index (χ1) is 7.08. The Morgan fingerprint density at radius 3 is 2.73 bits per heavy atom. The SMILES string of the molecule is Cc1nsc(NC(=O)CCCC(=O)O)n1. The number of carboxylic acid groups (broad SMARTS) is 1. The number of nitrogens with zero attached hydrogens (tertiary/aromatic N) is 2. The third-order valence-electron chi connectivity index (χ3n) is 1.57. The maximum atomic E-state index is 11.2. The van der Waals surface area contributed by atoms with E-state index in [1.54, 1.807) is 6.92 Å². The number of nitrogens with one attached hydrogen (secondary N) is 1. The third kappa shape index (κ3) is 4.50. The zero-order valence-corrected chi connectivity index (χ0v) is 9.00. The zero-order valence-electron chi connectivity index (χ0n) is 8.19. The van der Waals surface area contributed by atoms with Crippen LogP contribution in [0.15, 0.2) is 0 Å². The number of carboxylic acids is 1. The lowest BCUT2D eigenvalue weighted by molar-refractivity contribution is -0.137. The van der Waals surface area contributed by atoms with Gasteiger partial charge in [-0.2, -0.15) is 4.37 Å². The standard InChI is InChI=1S/C8H11N3O3S/c1-5-9-8(15-11-5)10-6(12)3-2-4-7(13)14/h2-4H2,1H3,(H,13,14)(H,9,10,11,12). The molecule has 1 aromatic rings. The number of aryl methyl sites for hydroxylation is 1. The molecule has 1 aromatic heterocycles. The van der Waals surface area contributed by atoms with Crippen LogP contribution < -0.4 is 5.32 Å². The summed E-state index contributed by atoms with van der Waals surface area (Å²) in [6.07, 6.45) is 0.520. The summed E-state index contributed by atoms with van der Waals surface area (Å²) in [7, 11) is 0. The van der Waals surface area contributed by atoms with E-state index in [0.717, 1.165) is 11.5 Å². The summed E-state index contributed by atoms with van der Waals surface area (Å²) in [6.45, 7) is 1.73. The van der Waals surface area contributed by atoms with Gasteiger partial charge in [0, 0.05) is 24.4 Å². The van der Waals surface area contributed by atoms with Gasteiger partial charge in [0.2, 0.25) is 11.0 Å². The lowest BCUT2D eigenvalue weighted by Gasteiger charge is -1.98. The molecule has 0 saturated carbocycles. The predicted molar refractivity (Wildman–Crippen MR) is 54.8 cm³/mol. The molecule has 0 unspecified atom stereocenters. The average Bonchev–Trinajstić information content (AvgIpc) is 2.50. The van der Waals surface area contributed by atoms with Gasteiger partial charge in [0.15, 0.2) is 0 Å². The van der Waals surface area contributed by atoms with Crippen molar-refractivity contribution in [3.05, 3.63) is 5.82 Å². The lowest BCUT2D eigenvalue weighted by Crippen LogP contribution is -2.11. The van der Waals surface area contributed by atoms with Crippen LogP contribution in [0.5, 0.6) is 0 Å². The van der Waals surface area contributed by atoms with Gasteiger partial charge in [0.05, 0.1) is 0 Å². The number of aliphatic carboxylic acids is 1. The Bertz CT molecular complexity index is 364. The smallest absolute Gasteiger partial charge is 0.303 e. The molecule has 0 radical (unpaired) electrons. The molecule has 7 heteroatoms. The number of rotatable bonds is 5. The Morgan fingerprint density at radius 2 is 2.20 bits per heavy atom. The van der Waals surface area contributed by atoms with Crippen molar-refractivity contribution >= 4 is 28.5 Å². The highest BCUT2D eigenvalue weighted by molar-refractivity contribution is 7.09. The maximum Gasteiger partial charge on any atom is 0.303 e. The normalized spacial score (nSPS) is 9.93. The Hall–Kier alpha value is -1.50. The molecule has 0 saturated heterocycles. The summed E-state index contributed by atoms with van der Waals surface area (Å²) < 4.78 is 3.90. The van der Waals surface area contributed by atoms with E-state index in [2.05, 4.69) is 14.7 Å². The number of carbonyl (C=O) groups is 2. The van der Waals surface area contributed by atoms with E-state index in [4.69, 9.17) is 5.11 Å². The second kappa shape index (κ2) is 5.40. The van der Waals surface area contributed by atoms with Crippen LogP contribution in [0.3, 0.4) is 0 Å². The van der Waals surface area contributed by atoms with Crippen molar-refractivity contribution in [3.63, 3.8) is 0 Å². The van der Waals surface area contributed by atoms with Crippen molar-refractivity contribution in [1.82, 2.24) is 9.36 Å². The van der Waals surface area contributed by atoms with Crippen LogP contribution >= 0.6 is 11.5 Å². The first-order valence-electron chi connectivity index (χ1n) is 4.40. The molecular weight excluding hydrogens is 218 g/mol. The molecule has 15 heavy (non-hydrogen) atoms. The lowest BCUT2D eigenvalue weighted by atomic mass is 10.2. The quantitative estimate of drug-likeness (QED) is 0.787. The molecule has 0 atom stereocenters. The topological polar surface area (TPSA) is 92.2 Å². The first kappa shape index (κ1) is 11.6. The van der Waals surface area contributed by atoms with Crippen LogP contribution in [0.4, 0.5) is 5.13 Å². The molecule has 0 spiro atoms. The van der Waals surface area contributed by atoms with Gasteiger partial charge in [-0.15, -0.1) is 0 Å². The number of hydrogen-bond acceptors (Lipinski definition) is 5. The van der Waals surface area contributed by atoms with Crippen LogP contribution in [0.25, 0.3) is 0 Å². The number of amides is 1. The van der Waals surface area contributed by atoms with Crippen molar-refractivity contribution < 1.29 is 14.7 Å². The van der Waals surface area contributed by atoms with Crippen LogP contribution in [-0.2, 0) is 9.59 Å². The molecule has 0 aromatic carbocycles. The maximum absolute atomic E-state index is 11.2. The molecule has 1 heterocycles. The predicted octanol–water partition coefficient (Wildman–Crippen LogP) is 1.04. The number of aromatic nitrogens is 2. The molecule has 0 aliphatic rings. The Balaban J connectivity index is 2.27. The van der Waals surface area contributed by atoms with Gasteiger partial charge in [-0.1, -0.05) is 0 Å². The summed E-state index contributed by atoms with van der Waals surface area (Å²) in [5.41, 5.74) is 0. The first-order valence-corrected chi connectivity index (χ1v) is 5.17. The van der Waals surface area contributed by atoms with Gasteiger partial charge in [0.1, 0.15) is 5.82 Å². The fraction of sp³-hybridized carbons (Fsp3) is 0.500. The van der Waals surface area contributed by atoms with Gasteiger partial charge < -0.3 is 10.4 Å². The van der Waals surface area contributed by atoms with Gasteiger partial charge in [0.25, 0.3) is 0 Å². The molecular formula is C8H11N3O3S. The fourth-order valence-corrected chi connectivity index (χ4v) is 1.52. The van der Waals surface area contributed by atoms with Gasteiger partial charge in [-0.3, -0.25) is 9.59 Å². The van der Waals surface area contributed by atoms with E-state index >= 15 is 0 Å². The van der Waals surface area contributed by atoms with E-state index in [-0.39, 0.29) is 18.7 Å². The summed E-state index contributed by atoms with van der Waals surface area (Å²) in [6, 6.07) is 0. The fourth-order valence-electron chi connectivity index (χ4n) is 0.930. The molecule has 1 rings (SSSR count). The van der Waals surface area contributed by atoms with Crippen molar-refractivity contribution in [2.45, 2.75) is 26.2 Å². The van der Waals surface area contributed by atoms with Crippen LogP contribution in [0.1, 0.15) is 25.1 Å². The minimum absolute atomic E-state index is 0.00255. The monoisotopic (exact) mass is 229 g/mol. The Morgan fingerprint density at radius 1 is 1.47 bits per heavy atom. The van der Waals surface area contributed by atoms with E-state index in [1.807, 2.05) is 0 Å². The second-order valence-electron chi connectivity index (χ2n) is 2.94. The highest BCUT2D eigenvalue weighted by Crippen LogP contribution is 2.10. The highest BCUT2D eigenvalue weighted by atomic mass is 32.1. The van der Waals surface area contributed by atoms with Crippen LogP contribution in [0.2, 0.25) is 0 Å². The molecule has 0 aliphatic carbocycles. The number of hydrogen-bond donors (Lipinski definition) is 2. The zero-order chi connectivity index (χ0) is 11.3. The minimum Gasteiger partial charge on any atom is -0.481 e. The van der Waals surface area contributed by atoms with Crippen molar-refractivity contribution in [2.24, 2.45) is 0 Å². The van der Waals surface area contributed by atoms with Gasteiger partial charge in [-0.05, 0) is 13.3 Å². The van der Waals surface area contributed by atoms with E-state index in [1.165, 1.54) is 0 Å². The highest BCUT2D eigenvalue weighted by Gasteiger charge is 2.06. The minimum atomic E-state index is -0.894. The van der Waals surface area contributed by atoms with E-state index in [0.29, 0.717) is 17.4 Å². The van der Waals surface area contributed by atoms with Gasteiger partial charge >= 0.3 is 5.97 Å². The number of anilines is 1. The van der Waals surface area contributed by atoms with E-state index in [9.17, 15) is 9.59 Å². The summed E-state index contributed by atoms with van der Waals surface area (Å²) in [4.78, 5) is 25.4. The van der Waals surface area contributed by atoms with E-state index < -0.39 is 5.97 Å².